The first-order chi connectivity index (χ1) is 12.6. The highest BCUT2D eigenvalue weighted by molar-refractivity contribution is 5.98. The highest BCUT2D eigenvalue weighted by Crippen LogP contribution is 2.22. The Bertz CT molecular complexity index is 907. The van der Waals surface area contributed by atoms with Crippen LogP contribution in [0.2, 0.25) is 0 Å². The number of carbonyl (C=O) groups is 1. The summed E-state index contributed by atoms with van der Waals surface area (Å²) in [5, 5.41) is 3.99. The topological polar surface area (TPSA) is 51.2 Å². The first-order valence-corrected chi connectivity index (χ1v) is 8.87. The standard InChI is InChI=1S/C22H24N2O2/c1-15(9-10-17-7-5-4-6-8-17)23-22(25)20-14-18-13-19(26-3)11-12-21(18)24-16(20)2/h4-8,11-15H,9-10H2,1-3H3,(H,23,25). The predicted molar refractivity (Wildman–Crippen MR) is 105 cm³/mol. The fourth-order valence-electron chi connectivity index (χ4n) is 3.01. The van der Waals surface area contributed by atoms with Gasteiger partial charge in [0.25, 0.3) is 5.91 Å². The third-order valence-electron chi connectivity index (χ3n) is 4.54. The van der Waals surface area contributed by atoms with Gasteiger partial charge in [-0.3, -0.25) is 9.78 Å². The van der Waals surface area contributed by atoms with Gasteiger partial charge in [-0.2, -0.15) is 0 Å². The van der Waals surface area contributed by atoms with E-state index in [0.717, 1.165) is 35.2 Å². The van der Waals surface area contributed by atoms with Gasteiger partial charge < -0.3 is 10.1 Å². The molecule has 0 aliphatic rings. The molecule has 0 aliphatic carbocycles. The van der Waals surface area contributed by atoms with Gasteiger partial charge >= 0.3 is 0 Å². The second kappa shape index (κ2) is 8.00. The summed E-state index contributed by atoms with van der Waals surface area (Å²) in [5.74, 6) is 0.672. The van der Waals surface area contributed by atoms with E-state index in [0.29, 0.717) is 5.56 Å². The molecule has 0 bridgehead atoms. The van der Waals surface area contributed by atoms with Crippen LogP contribution in [0.3, 0.4) is 0 Å². The fraction of sp³-hybridized carbons (Fsp3) is 0.273. The monoisotopic (exact) mass is 348 g/mol. The summed E-state index contributed by atoms with van der Waals surface area (Å²) in [6, 6.07) is 18.0. The Morgan fingerprint density at radius 1 is 1.15 bits per heavy atom. The van der Waals surface area contributed by atoms with Crippen molar-refractivity contribution in [2.75, 3.05) is 7.11 Å². The Kier molecular flexibility index (Phi) is 5.52. The van der Waals surface area contributed by atoms with Crippen molar-refractivity contribution in [1.29, 1.82) is 0 Å². The van der Waals surface area contributed by atoms with Gasteiger partial charge in [-0.15, -0.1) is 0 Å². The van der Waals surface area contributed by atoms with E-state index in [2.05, 4.69) is 22.4 Å². The lowest BCUT2D eigenvalue weighted by molar-refractivity contribution is 0.0937. The Morgan fingerprint density at radius 3 is 2.65 bits per heavy atom. The summed E-state index contributed by atoms with van der Waals surface area (Å²) in [6.07, 6.45) is 1.83. The molecule has 1 atom stereocenters. The maximum absolute atomic E-state index is 12.7. The van der Waals surface area contributed by atoms with Crippen LogP contribution in [0.25, 0.3) is 10.9 Å². The maximum atomic E-state index is 12.7. The molecular formula is C22H24N2O2. The van der Waals surface area contributed by atoms with Crippen molar-refractivity contribution in [1.82, 2.24) is 10.3 Å². The van der Waals surface area contributed by atoms with E-state index in [1.54, 1.807) is 7.11 Å². The summed E-state index contributed by atoms with van der Waals surface area (Å²) < 4.78 is 5.26. The van der Waals surface area contributed by atoms with Crippen LogP contribution in [0.15, 0.2) is 54.6 Å². The molecule has 0 aliphatic heterocycles. The number of fused-ring (bicyclic) bond motifs is 1. The largest absolute Gasteiger partial charge is 0.497 e. The van der Waals surface area contributed by atoms with Gasteiger partial charge in [0.1, 0.15) is 5.75 Å². The second-order valence-electron chi connectivity index (χ2n) is 6.58. The molecule has 3 aromatic rings. The predicted octanol–water partition coefficient (Wildman–Crippen LogP) is 4.30. The normalized spacial score (nSPS) is 12.0. The van der Waals surface area contributed by atoms with Crippen molar-refractivity contribution in [3.8, 4) is 5.75 Å². The van der Waals surface area contributed by atoms with Crippen molar-refractivity contribution < 1.29 is 9.53 Å². The number of amides is 1. The first kappa shape index (κ1) is 17.9. The van der Waals surface area contributed by atoms with Crippen LogP contribution in [0, 0.1) is 6.92 Å². The lowest BCUT2D eigenvalue weighted by atomic mass is 10.0. The van der Waals surface area contributed by atoms with Gasteiger partial charge in [-0.25, -0.2) is 0 Å². The van der Waals surface area contributed by atoms with Crippen molar-refractivity contribution in [2.24, 2.45) is 0 Å². The zero-order chi connectivity index (χ0) is 18.5. The minimum Gasteiger partial charge on any atom is -0.497 e. The molecule has 0 radical (unpaired) electrons. The number of hydrogen-bond donors (Lipinski definition) is 1. The summed E-state index contributed by atoms with van der Waals surface area (Å²) >= 11 is 0. The summed E-state index contributed by atoms with van der Waals surface area (Å²) in [7, 11) is 1.63. The molecule has 0 spiro atoms. The Labute approximate surface area is 154 Å². The summed E-state index contributed by atoms with van der Waals surface area (Å²) in [5.41, 5.74) is 3.48. The van der Waals surface area contributed by atoms with Crippen molar-refractivity contribution in [2.45, 2.75) is 32.7 Å². The number of benzene rings is 2. The van der Waals surface area contributed by atoms with E-state index < -0.39 is 0 Å². The van der Waals surface area contributed by atoms with Crippen molar-refractivity contribution in [3.63, 3.8) is 0 Å². The summed E-state index contributed by atoms with van der Waals surface area (Å²) in [4.78, 5) is 17.3. The number of pyridine rings is 1. The van der Waals surface area contributed by atoms with Crippen LogP contribution in [-0.4, -0.2) is 24.0 Å². The molecule has 1 N–H and O–H groups in total. The van der Waals surface area contributed by atoms with Gasteiger partial charge in [-0.05, 0) is 56.5 Å². The number of hydrogen-bond acceptors (Lipinski definition) is 3. The highest BCUT2D eigenvalue weighted by atomic mass is 16.5. The zero-order valence-corrected chi connectivity index (χ0v) is 15.5. The third kappa shape index (κ3) is 4.20. The molecular weight excluding hydrogens is 324 g/mol. The third-order valence-corrected chi connectivity index (χ3v) is 4.54. The molecule has 1 heterocycles. The van der Waals surface area contributed by atoms with E-state index in [1.807, 2.05) is 56.3 Å². The minimum absolute atomic E-state index is 0.0831. The van der Waals surface area contributed by atoms with Crippen LogP contribution in [0.4, 0.5) is 0 Å². The second-order valence-corrected chi connectivity index (χ2v) is 6.58. The number of rotatable bonds is 6. The van der Waals surface area contributed by atoms with Crippen molar-refractivity contribution >= 4 is 16.8 Å². The number of carbonyl (C=O) groups excluding carboxylic acids is 1. The Balaban J connectivity index is 1.71. The minimum atomic E-state index is -0.0831. The highest BCUT2D eigenvalue weighted by Gasteiger charge is 2.14. The number of methoxy groups -OCH3 is 1. The average Bonchev–Trinajstić information content (AvgIpc) is 2.66. The van der Waals surface area contributed by atoms with Crippen LogP contribution in [-0.2, 0) is 6.42 Å². The smallest absolute Gasteiger partial charge is 0.253 e. The zero-order valence-electron chi connectivity index (χ0n) is 15.5. The molecule has 0 saturated carbocycles. The Hall–Kier alpha value is -2.88. The molecule has 2 aromatic carbocycles. The lowest BCUT2D eigenvalue weighted by Crippen LogP contribution is -2.33. The Morgan fingerprint density at radius 2 is 1.92 bits per heavy atom. The van der Waals surface area contributed by atoms with Crippen LogP contribution < -0.4 is 10.1 Å². The van der Waals surface area contributed by atoms with E-state index >= 15 is 0 Å². The van der Waals surface area contributed by atoms with Crippen LogP contribution in [0.5, 0.6) is 5.75 Å². The summed E-state index contributed by atoms with van der Waals surface area (Å²) in [6.45, 7) is 3.90. The van der Waals surface area contributed by atoms with Gasteiger partial charge in [0.05, 0.1) is 23.9 Å². The number of nitrogens with one attached hydrogen (secondary N) is 1. The molecule has 3 rings (SSSR count). The fourth-order valence-corrected chi connectivity index (χ4v) is 3.01. The number of nitrogens with zero attached hydrogens (tertiary/aromatic N) is 1. The molecule has 0 saturated heterocycles. The van der Waals surface area contributed by atoms with Gasteiger partial charge in [0.2, 0.25) is 0 Å². The SMILES string of the molecule is COc1ccc2nc(C)c(C(=O)NC(C)CCc3ccccc3)cc2c1. The van der Waals surface area contributed by atoms with Gasteiger partial charge in [0, 0.05) is 11.4 Å². The van der Waals surface area contributed by atoms with Crippen molar-refractivity contribution in [3.05, 3.63) is 71.4 Å². The number of aryl methyl sites for hydroxylation is 2. The molecule has 1 unspecified atom stereocenters. The molecule has 1 aromatic heterocycles. The van der Waals surface area contributed by atoms with E-state index in [4.69, 9.17) is 4.74 Å². The molecule has 134 valence electrons. The molecule has 4 heteroatoms. The average molecular weight is 348 g/mol. The molecule has 1 amide bonds. The lowest BCUT2D eigenvalue weighted by Gasteiger charge is -2.15. The quantitative estimate of drug-likeness (QED) is 0.722. The maximum Gasteiger partial charge on any atom is 0.253 e. The van der Waals surface area contributed by atoms with E-state index in [1.165, 1.54) is 5.56 Å². The van der Waals surface area contributed by atoms with E-state index in [9.17, 15) is 4.79 Å². The first-order valence-electron chi connectivity index (χ1n) is 8.87. The van der Waals surface area contributed by atoms with E-state index in [-0.39, 0.29) is 11.9 Å². The number of ether oxygens (including phenoxy) is 1. The van der Waals surface area contributed by atoms with Gasteiger partial charge in [-0.1, -0.05) is 30.3 Å². The number of aromatic nitrogens is 1. The van der Waals surface area contributed by atoms with Crippen LogP contribution >= 0.6 is 0 Å². The molecule has 4 nitrogen and oxygen atoms in total. The molecule has 0 fully saturated rings. The van der Waals surface area contributed by atoms with Crippen LogP contribution in [0.1, 0.15) is 35.0 Å². The molecule has 26 heavy (non-hydrogen) atoms. The van der Waals surface area contributed by atoms with Gasteiger partial charge in [0.15, 0.2) is 0 Å².